The molecule has 484 valence electrons. The third-order valence-electron chi connectivity index (χ3n) is 14.3. The monoisotopic (exact) mass is 1350 g/mol. The molecule has 0 aliphatic heterocycles. The number of anilines is 4. The van der Waals surface area contributed by atoms with E-state index in [0.29, 0.717) is 45.8 Å². The van der Waals surface area contributed by atoms with Gasteiger partial charge in [-0.15, -0.1) is 0 Å². The Morgan fingerprint density at radius 2 is 0.726 bits per heavy atom. The lowest BCUT2D eigenvalue weighted by molar-refractivity contribution is 0.101. The second-order valence-electron chi connectivity index (χ2n) is 22.3. The van der Waals surface area contributed by atoms with E-state index in [1.165, 1.54) is 0 Å². The lowest BCUT2D eigenvalue weighted by Gasteiger charge is -2.11. The molecular formula is C71H66N10O10S4. The number of hydrogen-bond donors (Lipinski definition) is 8. The van der Waals surface area contributed by atoms with E-state index in [4.69, 9.17) is 0 Å². The third kappa shape index (κ3) is 19.0. The Labute approximate surface area is 550 Å². The number of fused-ring (bicyclic) bond motifs is 3. The van der Waals surface area contributed by atoms with Crippen LogP contribution in [0.4, 0.5) is 22.7 Å². The second-order valence-corrected chi connectivity index (χ2v) is 29.3. The maximum absolute atomic E-state index is 12.0. The molecule has 3 heterocycles. The fraction of sp³-hybridized carbons (Fsp3) is 0.0986. The molecule has 0 spiro atoms. The predicted octanol–water partition coefficient (Wildman–Crippen LogP) is 13.9. The van der Waals surface area contributed by atoms with Gasteiger partial charge in [0.1, 0.15) is 17.5 Å². The van der Waals surface area contributed by atoms with Gasteiger partial charge in [0.15, 0.2) is 5.78 Å². The largest absolute Gasteiger partial charge is 0.389 e. The van der Waals surface area contributed by atoms with Crippen molar-refractivity contribution in [1.82, 2.24) is 29.9 Å². The summed E-state index contributed by atoms with van der Waals surface area (Å²) < 4.78 is 101. The molecule has 8 N–H and O–H groups in total. The molecule has 0 aliphatic carbocycles. The zero-order valence-electron chi connectivity index (χ0n) is 52.2. The highest BCUT2D eigenvalue weighted by Gasteiger charge is 2.15. The van der Waals surface area contributed by atoms with Gasteiger partial charge in [-0.05, 0) is 161 Å². The van der Waals surface area contributed by atoms with E-state index < -0.39 is 46.2 Å². The van der Waals surface area contributed by atoms with Gasteiger partial charge in [0.25, 0.3) is 0 Å². The predicted molar refractivity (Wildman–Crippen MR) is 385 cm³/mol. The molecule has 95 heavy (non-hydrogen) atoms. The van der Waals surface area contributed by atoms with Crippen molar-refractivity contribution < 1.29 is 43.6 Å². The van der Waals surface area contributed by atoms with Crippen molar-refractivity contribution in [3.63, 3.8) is 0 Å². The third-order valence-corrected chi connectivity index (χ3v) is 16.7. The first-order valence-corrected chi connectivity index (χ1v) is 36.9. The van der Waals surface area contributed by atoms with Gasteiger partial charge in [-0.25, -0.2) is 48.6 Å². The van der Waals surface area contributed by atoms with E-state index in [1.54, 1.807) is 74.5 Å². The van der Waals surface area contributed by atoms with Crippen LogP contribution in [0.15, 0.2) is 200 Å². The standard InChI is InChI=1S/C24H23N3O3S.C24H21N3O3S.C23H22N4O4S2/c2*1-16(28)20-5-3-4-6-21(20)18-10-13-22-23(15-18)26-24(25-22)14-9-17-7-11-19(12-8-17)27-31(2,29)30;1-32(28,29)26-18-11-7-16(8-12-18)9-14-23-24-21-13-10-17(15-22(21)25-23)19-5-3-4-6-20(19)27-33(2,30)31/h3-16,27-28H,1-2H3,(H,25,26);3-15,27H,1-2H3,(H,25,26);3-15,26-27H,1-2H3,(H,24,25)/b3*14-9+. The van der Waals surface area contributed by atoms with Crippen LogP contribution < -0.4 is 18.9 Å². The number of sulfonamides is 4. The maximum atomic E-state index is 12.0. The summed E-state index contributed by atoms with van der Waals surface area (Å²) in [6.07, 6.45) is 15.2. The van der Waals surface area contributed by atoms with Crippen molar-refractivity contribution >= 4 is 138 Å². The lowest BCUT2D eigenvalue weighted by Crippen LogP contribution is -2.10. The minimum Gasteiger partial charge on any atom is -0.389 e. The van der Waals surface area contributed by atoms with Crippen LogP contribution in [0.5, 0.6) is 0 Å². The quantitative estimate of drug-likeness (QED) is 0.0350. The van der Waals surface area contributed by atoms with E-state index in [9.17, 15) is 43.6 Å². The second kappa shape index (κ2) is 28.6. The Hall–Kier alpha value is -10.8. The Bertz CT molecular complexity index is 5380. The van der Waals surface area contributed by atoms with Gasteiger partial charge in [-0.2, -0.15) is 0 Å². The number of aromatic nitrogens is 6. The highest BCUT2D eigenvalue weighted by atomic mass is 32.2. The molecule has 12 aromatic rings. The average molecular weight is 1350 g/mol. The molecule has 24 heteroatoms. The van der Waals surface area contributed by atoms with Crippen molar-refractivity contribution in [3.05, 3.63) is 245 Å². The fourth-order valence-corrected chi connectivity index (χ4v) is 12.4. The topological polar surface area (TPSA) is 308 Å². The number of benzene rings is 9. The number of ketones is 1. The molecule has 1 atom stereocenters. The number of Topliss-reactive ketones (excluding diaryl/α,β-unsaturated/α-hetero) is 1. The number of aliphatic hydroxyl groups is 1. The number of nitrogens with one attached hydrogen (secondary N) is 7. The molecule has 0 radical (unpaired) electrons. The van der Waals surface area contributed by atoms with E-state index >= 15 is 0 Å². The number of carbonyl (C=O) groups excluding carboxylic acids is 1. The Morgan fingerprint density at radius 3 is 1.09 bits per heavy atom. The Kier molecular flexibility index (Phi) is 20.2. The van der Waals surface area contributed by atoms with Crippen LogP contribution in [0, 0.1) is 0 Å². The Morgan fingerprint density at radius 1 is 0.400 bits per heavy atom. The van der Waals surface area contributed by atoms with Gasteiger partial charge in [0, 0.05) is 28.2 Å². The number of hydrogen-bond acceptors (Lipinski definition) is 13. The fourth-order valence-electron chi connectivity index (χ4n) is 10.2. The highest BCUT2D eigenvalue weighted by molar-refractivity contribution is 7.92. The summed E-state index contributed by atoms with van der Waals surface area (Å²) >= 11 is 0. The maximum Gasteiger partial charge on any atom is 0.229 e. The smallest absolute Gasteiger partial charge is 0.229 e. The SMILES string of the molecule is CC(=O)c1ccccc1-c1ccc2nc(/C=C/c3ccc(NS(C)(=O)=O)cc3)[nH]c2c1.CC(O)c1ccccc1-c1ccc2nc(/C=C/c3ccc(NS(C)(=O)=O)cc3)[nH]c2c1.CS(=O)(=O)Nc1ccc(/C=C/c2nc3ccc(-c4ccccc4NS(C)(=O)=O)cc3[nH]2)cc1. The van der Waals surface area contributed by atoms with Gasteiger partial charge in [-0.3, -0.25) is 23.7 Å². The number of H-pyrrole nitrogens is 3. The summed E-state index contributed by atoms with van der Waals surface area (Å²) in [5.41, 5.74) is 16.9. The zero-order valence-corrected chi connectivity index (χ0v) is 55.5. The van der Waals surface area contributed by atoms with E-state index in [2.05, 4.69) is 48.8 Å². The molecule has 12 rings (SSSR count). The van der Waals surface area contributed by atoms with Crippen LogP contribution in [0.1, 0.15) is 70.0 Å². The van der Waals surface area contributed by atoms with Crippen LogP contribution >= 0.6 is 0 Å². The van der Waals surface area contributed by atoms with Crippen molar-refractivity contribution in [2.45, 2.75) is 20.0 Å². The summed E-state index contributed by atoms with van der Waals surface area (Å²) in [4.78, 5) is 35.6. The normalized spacial score (nSPS) is 12.4. The van der Waals surface area contributed by atoms with Gasteiger partial charge >= 0.3 is 0 Å². The summed E-state index contributed by atoms with van der Waals surface area (Å²) in [6.45, 7) is 3.33. The first kappa shape index (κ1) is 67.1. The van der Waals surface area contributed by atoms with Crippen LogP contribution in [0.25, 0.3) is 103 Å². The summed E-state index contributed by atoms with van der Waals surface area (Å²) in [5, 5.41) is 10.1. The number of para-hydroxylation sites is 1. The van der Waals surface area contributed by atoms with E-state index in [-0.39, 0.29) is 5.78 Å². The van der Waals surface area contributed by atoms with Crippen LogP contribution in [0.2, 0.25) is 0 Å². The first-order chi connectivity index (χ1) is 45.1. The van der Waals surface area contributed by atoms with Crippen LogP contribution in [0.3, 0.4) is 0 Å². The molecule has 0 bridgehead atoms. The zero-order chi connectivity index (χ0) is 67.7. The number of aromatic amines is 3. The van der Waals surface area contributed by atoms with Crippen molar-refractivity contribution in [1.29, 1.82) is 0 Å². The molecule has 0 aliphatic rings. The molecule has 9 aromatic carbocycles. The van der Waals surface area contributed by atoms with Gasteiger partial charge in [-0.1, -0.05) is 140 Å². The van der Waals surface area contributed by atoms with Gasteiger partial charge in [0.05, 0.1) is 69.9 Å². The number of rotatable bonds is 19. The van der Waals surface area contributed by atoms with Crippen molar-refractivity contribution in [2.75, 3.05) is 43.9 Å². The molecule has 20 nitrogen and oxygen atoms in total. The van der Waals surface area contributed by atoms with Crippen molar-refractivity contribution in [3.8, 4) is 33.4 Å². The van der Waals surface area contributed by atoms with Crippen LogP contribution in [-0.2, 0) is 40.1 Å². The number of imidazole rings is 3. The van der Waals surface area contributed by atoms with Gasteiger partial charge < -0.3 is 20.1 Å². The lowest BCUT2D eigenvalue weighted by atomic mass is 9.96. The Balaban J connectivity index is 0.000000155. The minimum absolute atomic E-state index is 0.0293. The average Bonchev–Trinajstić information content (AvgIpc) is 1.75. The number of aliphatic hydroxyl groups excluding tert-OH is 1. The molecule has 0 saturated carbocycles. The summed E-state index contributed by atoms with van der Waals surface area (Å²) in [6, 6.07) is 61.3. The molecule has 1 unspecified atom stereocenters. The summed E-state index contributed by atoms with van der Waals surface area (Å²) in [5.74, 6) is 2.10. The van der Waals surface area contributed by atoms with E-state index in [0.717, 1.165) is 114 Å². The molecule has 0 fully saturated rings. The van der Waals surface area contributed by atoms with Gasteiger partial charge in [0.2, 0.25) is 40.1 Å². The molecule has 0 saturated heterocycles. The molecule has 3 aromatic heterocycles. The molecule has 0 amide bonds. The molecular weight excluding hydrogens is 1280 g/mol. The highest BCUT2D eigenvalue weighted by Crippen LogP contribution is 2.33. The van der Waals surface area contributed by atoms with Crippen LogP contribution in [-0.4, -0.2) is 99.5 Å². The van der Waals surface area contributed by atoms with E-state index in [1.807, 2.05) is 176 Å². The minimum atomic E-state index is -3.40. The summed E-state index contributed by atoms with van der Waals surface area (Å²) in [7, 11) is -13.3. The number of carbonyl (C=O) groups is 1. The number of nitrogens with zero attached hydrogens (tertiary/aromatic N) is 3. The van der Waals surface area contributed by atoms with Crippen molar-refractivity contribution in [2.24, 2.45) is 0 Å². The first-order valence-electron chi connectivity index (χ1n) is 29.3.